The third-order valence-corrected chi connectivity index (χ3v) is 12.8. The molecule has 10 nitrogen and oxygen atoms in total. The minimum atomic E-state index is -2.78. The largest absolute Gasteiger partial charge is 0.346 e. The predicted molar refractivity (Wildman–Crippen MR) is 215 cm³/mol. The van der Waals surface area contributed by atoms with Crippen molar-refractivity contribution >= 4 is 49.7 Å². The number of anilines is 2. The van der Waals surface area contributed by atoms with Crippen molar-refractivity contribution in [3.05, 3.63) is 118 Å². The first-order valence-electron chi connectivity index (χ1n) is 19.7. The van der Waals surface area contributed by atoms with E-state index in [0.717, 1.165) is 45.7 Å². The quantitative estimate of drug-likeness (QED) is 0.133. The van der Waals surface area contributed by atoms with Gasteiger partial charge in [-0.05, 0) is 97.7 Å². The fourth-order valence-corrected chi connectivity index (χ4v) is 9.80. The highest BCUT2D eigenvalue weighted by molar-refractivity contribution is 7.22. The van der Waals surface area contributed by atoms with Crippen LogP contribution in [0.3, 0.4) is 0 Å². The van der Waals surface area contributed by atoms with Crippen LogP contribution in [0.4, 0.5) is 33.0 Å². The van der Waals surface area contributed by atoms with Crippen molar-refractivity contribution in [2.75, 3.05) is 36.0 Å². The zero-order valence-corrected chi connectivity index (χ0v) is 32.7. The topological polar surface area (TPSA) is 108 Å². The molecule has 0 spiro atoms. The third kappa shape index (κ3) is 7.16. The molecule has 3 aromatic carbocycles. The van der Waals surface area contributed by atoms with Crippen molar-refractivity contribution in [1.82, 2.24) is 35.0 Å². The molecule has 0 bridgehead atoms. The van der Waals surface area contributed by atoms with Crippen LogP contribution in [0.2, 0.25) is 0 Å². The molecule has 2 N–H and O–H groups in total. The van der Waals surface area contributed by atoms with E-state index in [2.05, 4.69) is 25.2 Å². The lowest BCUT2D eigenvalue weighted by Crippen LogP contribution is -2.46. The number of aromatic amines is 1. The molecule has 1 amide bonds. The molecule has 302 valence electrons. The SMILES string of the molecule is Cc1cc(-c2cc3sc(N4CCN(c5nc6ccccc6[nH]5)CC4)nc3nc2C(Cc2cc(F)cc(F)c2)NC(=O)Cn2nc(C(F)F)c3c2C2CC2CC3)ccc1F. The number of amides is 1. The Hall–Kier alpha value is -5.90. The van der Waals surface area contributed by atoms with Crippen LogP contribution in [0, 0.1) is 30.3 Å². The highest BCUT2D eigenvalue weighted by atomic mass is 32.1. The van der Waals surface area contributed by atoms with E-state index in [4.69, 9.17) is 15.0 Å². The molecule has 7 aromatic rings. The Bertz CT molecular complexity index is 2700. The van der Waals surface area contributed by atoms with E-state index in [1.165, 1.54) is 34.2 Å². The molecule has 2 fully saturated rings. The molecule has 4 aromatic heterocycles. The number of aromatic nitrogens is 6. The first kappa shape index (κ1) is 37.4. The first-order chi connectivity index (χ1) is 28.5. The maximum Gasteiger partial charge on any atom is 0.282 e. The van der Waals surface area contributed by atoms with Crippen LogP contribution in [0.25, 0.3) is 32.5 Å². The normalized spacial score (nSPS) is 18.1. The Morgan fingerprint density at radius 3 is 2.47 bits per heavy atom. The second-order valence-electron chi connectivity index (χ2n) is 15.7. The van der Waals surface area contributed by atoms with Gasteiger partial charge in [-0.25, -0.2) is 31.9 Å². The molecule has 3 atom stereocenters. The smallest absolute Gasteiger partial charge is 0.282 e. The van der Waals surface area contributed by atoms with Crippen LogP contribution in [0.5, 0.6) is 0 Å². The number of carbonyl (C=O) groups excluding carboxylic acids is 1. The highest BCUT2D eigenvalue weighted by Crippen LogP contribution is 2.55. The summed E-state index contributed by atoms with van der Waals surface area (Å²) in [6.07, 6.45) is -0.675. The van der Waals surface area contributed by atoms with Gasteiger partial charge in [0.25, 0.3) is 6.43 Å². The van der Waals surface area contributed by atoms with Gasteiger partial charge in [-0.2, -0.15) is 10.1 Å². The van der Waals surface area contributed by atoms with Gasteiger partial charge in [0, 0.05) is 55.0 Å². The number of alkyl halides is 2. The second-order valence-corrected chi connectivity index (χ2v) is 16.7. The molecule has 3 unspecified atom stereocenters. The molecule has 16 heteroatoms. The number of nitrogens with one attached hydrogen (secondary N) is 2. The van der Waals surface area contributed by atoms with Gasteiger partial charge in [-0.1, -0.05) is 29.5 Å². The van der Waals surface area contributed by atoms with Crippen molar-refractivity contribution < 1.29 is 26.7 Å². The molecular formula is C43H38F5N9OS. The van der Waals surface area contributed by atoms with Crippen LogP contribution < -0.4 is 15.1 Å². The lowest BCUT2D eigenvalue weighted by molar-refractivity contribution is -0.122. The average molecular weight is 824 g/mol. The van der Waals surface area contributed by atoms with Crippen LogP contribution >= 0.6 is 11.3 Å². The number of piperazine rings is 1. The van der Waals surface area contributed by atoms with Gasteiger partial charge in [0.2, 0.25) is 11.9 Å². The molecule has 1 saturated heterocycles. The van der Waals surface area contributed by atoms with E-state index < -0.39 is 35.8 Å². The van der Waals surface area contributed by atoms with Gasteiger partial charge < -0.3 is 20.1 Å². The fraction of sp³-hybridized carbons (Fsp3) is 0.326. The second kappa shape index (κ2) is 14.7. The standard InChI is InChI=1S/C43H38F5N9OS/c1-22-14-24(7-9-31(22)46)29-20-35-41(53-43(59-35)56-12-10-55(11-13-56)42-50-32-4-2-3-5-33(32)51-42)52-37(29)34(17-23-15-26(44)19-27(45)16-23)49-36(58)21-57-39-28(38(54-57)40(47)48)8-6-25-18-30(25)39/h2-5,7,9,14-16,19-20,25,30,34,40H,6,8,10-13,17-18,21H2,1H3,(H,49,58)(H,50,51). The molecule has 5 heterocycles. The molecule has 59 heavy (non-hydrogen) atoms. The minimum absolute atomic E-state index is 0.0724. The zero-order valence-electron chi connectivity index (χ0n) is 31.9. The van der Waals surface area contributed by atoms with Crippen molar-refractivity contribution in [2.24, 2.45) is 5.92 Å². The number of thiazole rings is 1. The number of pyridine rings is 1. The first-order valence-corrected chi connectivity index (χ1v) is 20.5. The van der Waals surface area contributed by atoms with Crippen molar-refractivity contribution in [3.8, 4) is 11.1 Å². The summed E-state index contributed by atoms with van der Waals surface area (Å²) in [6.45, 7) is 4.06. The lowest BCUT2D eigenvalue weighted by Gasteiger charge is -2.34. The summed E-state index contributed by atoms with van der Waals surface area (Å²) in [5, 5.41) is 8.01. The van der Waals surface area contributed by atoms with E-state index in [0.29, 0.717) is 77.8 Å². The summed E-state index contributed by atoms with van der Waals surface area (Å²) in [4.78, 5) is 36.6. The number of nitrogens with zero attached hydrogens (tertiary/aromatic N) is 7. The van der Waals surface area contributed by atoms with Crippen molar-refractivity contribution in [2.45, 2.75) is 57.5 Å². The summed E-state index contributed by atoms with van der Waals surface area (Å²) < 4.78 is 74.3. The van der Waals surface area contributed by atoms with Crippen LogP contribution in [0.15, 0.2) is 66.7 Å². The van der Waals surface area contributed by atoms with Gasteiger partial charge in [-0.3, -0.25) is 9.48 Å². The summed E-state index contributed by atoms with van der Waals surface area (Å²) in [7, 11) is 0. The number of para-hydroxylation sites is 2. The third-order valence-electron chi connectivity index (χ3n) is 11.8. The molecule has 1 saturated carbocycles. The van der Waals surface area contributed by atoms with E-state index in [9.17, 15) is 26.7 Å². The Balaban J connectivity index is 1.00. The van der Waals surface area contributed by atoms with Gasteiger partial charge in [0.15, 0.2) is 10.8 Å². The summed E-state index contributed by atoms with van der Waals surface area (Å²) in [6, 6.07) is 16.7. The molecule has 3 aliphatic rings. The van der Waals surface area contributed by atoms with Gasteiger partial charge in [0.1, 0.15) is 29.7 Å². The summed E-state index contributed by atoms with van der Waals surface area (Å²) >= 11 is 1.46. The Morgan fingerprint density at radius 2 is 1.71 bits per heavy atom. The van der Waals surface area contributed by atoms with E-state index >= 15 is 0 Å². The Kier molecular flexibility index (Phi) is 9.33. The molecule has 1 aliphatic heterocycles. The van der Waals surface area contributed by atoms with E-state index in [-0.39, 0.29) is 30.1 Å². The van der Waals surface area contributed by atoms with E-state index in [1.54, 1.807) is 19.1 Å². The van der Waals surface area contributed by atoms with Gasteiger partial charge >= 0.3 is 0 Å². The van der Waals surface area contributed by atoms with E-state index in [1.807, 2.05) is 30.3 Å². The summed E-state index contributed by atoms with van der Waals surface area (Å²) in [5.41, 5.74) is 5.40. The number of imidazole rings is 1. The number of hydrogen-bond donors (Lipinski definition) is 2. The Labute approximate surface area is 339 Å². The summed E-state index contributed by atoms with van der Waals surface area (Å²) in [5.74, 6) is -1.21. The van der Waals surface area contributed by atoms with Crippen LogP contribution in [-0.4, -0.2) is 61.8 Å². The number of H-pyrrole nitrogens is 1. The van der Waals surface area contributed by atoms with Gasteiger partial charge in [0.05, 0.1) is 27.5 Å². The number of hydrogen-bond acceptors (Lipinski definition) is 8. The molecule has 0 radical (unpaired) electrons. The zero-order chi connectivity index (χ0) is 40.5. The molecule has 10 rings (SSSR count). The van der Waals surface area contributed by atoms with Crippen LogP contribution in [-0.2, 0) is 24.2 Å². The maximum atomic E-state index is 14.6. The Morgan fingerprint density at radius 1 is 0.932 bits per heavy atom. The number of rotatable bonds is 10. The van der Waals surface area contributed by atoms with Crippen molar-refractivity contribution in [3.63, 3.8) is 0 Å². The fourth-order valence-electron chi connectivity index (χ4n) is 8.80. The number of fused-ring (bicyclic) bond motifs is 5. The number of halogens is 5. The highest BCUT2D eigenvalue weighted by Gasteiger charge is 2.47. The van der Waals surface area contributed by atoms with Crippen molar-refractivity contribution in [1.29, 1.82) is 0 Å². The predicted octanol–water partition coefficient (Wildman–Crippen LogP) is 8.57. The molecule has 2 aliphatic carbocycles. The number of carbonyl (C=O) groups is 1. The lowest BCUT2D eigenvalue weighted by atomic mass is 9.94. The monoisotopic (exact) mass is 823 g/mol. The number of aryl methyl sites for hydroxylation is 1. The van der Waals surface area contributed by atoms with Gasteiger partial charge in [-0.15, -0.1) is 0 Å². The van der Waals surface area contributed by atoms with Crippen LogP contribution in [0.1, 0.15) is 65.0 Å². The maximum absolute atomic E-state index is 14.6. The average Bonchev–Trinajstić information content (AvgIpc) is 3.50. The minimum Gasteiger partial charge on any atom is -0.346 e. The molecular weight excluding hydrogens is 786 g/mol. The number of benzene rings is 3.